The molecule has 1 N–H and O–H groups in total. The molecular formula is C18H20N4O2. The molecule has 124 valence electrons. The number of carbonyl (C=O) groups excluding carboxylic acids is 2. The molecule has 24 heavy (non-hydrogen) atoms. The highest BCUT2D eigenvalue weighted by Crippen LogP contribution is 2.24. The summed E-state index contributed by atoms with van der Waals surface area (Å²) < 4.78 is 0. The van der Waals surface area contributed by atoms with Crippen LogP contribution >= 0.6 is 0 Å². The van der Waals surface area contributed by atoms with Crippen LogP contribution in [0.3, 0.4) is 0 Å². The molecule has 1 aliphatic rings. The van der Waals surface area contributed by atoms with Crippen molar-refractivity contribution in [3.8, 4) is 0 Å². The van der Waals surface area contributed by atoms with E-state index in [1.807, 2.05) is 26.1 Å². The molecule has 0 radical (unpaired) electrons. The minimum atomic E-state index is -0.131. The zero-order valence-electron chi connectivity index (χ0n) is 14.1. The van der Waals surface area contributed by atoms with Crippen molar-refractivity contribution in [3.05, 3.63) is 52.6 Å². The van der Waals surface area contributed by atoms with Crippen LogP contribution in [0.2, 0.25) is 0 Å². The van der Waals surface area contributed by atoms with Crippen LogP contribution in [0.15, 0.2) is 24.4 Å². The molecule has 2 aromatic rings. The van der Waals surface area contributed by atoms with Gasteiger partial charge in [0, 0.05) is 42.9 Å². The van der Waals surface area contributed by atoms with Gasteiger partial charge in [-0.15, -0.1) is 0 Å². The average molecular weight is 324 g/mol. The van der Waals surface area contributed by atoms with Gasteiger partial charge in [0.25, 0.3) is 5.91 Å². The molecule has 6 heteroatoms. The number of benzene rings is 1. The molecule has 1 aromatic heterocycles. The maximum Gasteiger partial charge on any atom is 0.254 e. The number of fused-ring (bicyclic) bond motifs is 1. The Kier molecular flexibility index (Phi) is 4.29. The lowest BCUT2D eigenvalue weighted by atomic mass is 10.1. The van der Waals surface area contributed by atoms with Gasteiger partial charge in [-0.25, -0.2) is 9.97 Å². The van der Waals surface area contributed by atoms with Crippen LogP contribution in [0.4, 0.5) is 5.69 Å². The predicted molar refractivity (Wildman–Crippen MR) is 90.5 cm³/mol. The molecule has 2 heterocycles. The summed E-state index contributed by atoms with van der Waals surface area (Å²) in [4.78, 5) is 34.5. The minimum Gasteiger partial charge on any atom is -0.328 e. The summed E-state index contributed by atoms with van der Waals surface area (Å²) in [7, 11) is 0. The van der Waals surface area contributed by atoms with E-state index in [9.17, 15) is 9.59 Å². The van der Waals surface area contributed by atoms with Crippen LogP contribution in [0.25, 0.3) is 0 Å². The van der Waals surface area contributed by atoms with Crippen LogP contribution in [0, 0.1) is 6.92 Å². The highest BCUT2D eigenvalue weighted by molar-refractivity contribution is 5.97. The smallest absolute Gasteiger partial charge is 0.254 e. The number of hydrogen-bond acceptors (Lipinski definition) is 4. The van der Waals surface area contributed by atoms with Crippen molar-refractivity contribution in [2.24, 2.45) is 0 Å². The summed E-state index contributed by atoms with van der Waals surface area (Å²) in [5.41, 5.74) is 4.11. The fourth-order valence-corrected chi connectivity index (χ4v) is 2.86. The van der Waals surface area contributed by atoms with Crippen LogP contribution in [-0.4, -0.2) is 26.7 Å². The van der Waals surface area contributed by atoms with Gasteiger partial charge in [0.2, 0.25) is 5.91 Å². The van der Waals surface area contributed by atoms with Gasteiger partial charge in [0.1, 0.15) is 5.82 Å². The number of nitrogens with one attached hydrogen (secondary N) is 1. The van der Waals surface area contributed by atoms with E-state index in [2.05, 4.69) is 15.3 Å². The number of aryl methyl sites for hydroxylation is 2. The van der Waals surface area contributed by atoms with Gasteiger partial charge < -0.3 is 10.2 Å². The number of nitrogens with zero attached hydrogens (tertiary/aromatic N) is 3. The van der Waals surface area contributed by atoms with E-state index in [0.29, 0.717) is 24.3 Å². The number of carbonyl (C=O) groups is 2. The van der Waals surface area contributed by atoms with Crippen LogP contribution < -0.4 is 5.32 Å². The predicted octanol–water partition coefficient (Wildman–Crippen LogP) is 2.46. The Bertz CT molecular complexity index is 817. The Morgan fingerprint density at radius 3 is 2.75 bits per heavy atom. The zero-order valence-corrected chi connectivity index (χ0v) is 14.1. The van der Waals surface area contributed by atoms with Crippen LogP contribution in [-0.2, 0) is 24.3 Å². The summed E-state index contributed by atoms with van der Waals surface area (Å²) in [6, 6.07) is 5.32. The Balaban J connectivity index is 1.79. The molecule has 0 bridgehead atoms. The highest BCUT2D eigenvalue weighted by atomic mass is 16.2. The van der Waals surface area contributed by atoms with Crippen molar-refractivity contribution >= 4 is 17.5 Å². The van der Waals surface area contributed by atoms with E-state index < -0.39 is 0 Å². The maximum absolute atomic E-state index is 12.8. The second-order valence-corrected chi connectivity index (χ2v) is 5.98. The van der Waals surface area contributed by atoms with Crippen LogP contribution in [0.5, 0.6) is 0 Å². The van der Waals surface area contributed by atoms with Crippen molar-refractivity contribution in [2.75, 3.05) is 5.32 Å². The van der Waals surface area contributed by atoms with Gasteiger partial charge in [-0.2, -0.15) is 0 Å². The normalized spacial score (nSPS) is 12.9. The molecule has 0 fully saturated rings. The molecular weight excluding hydrogens is 304 g/mol. The largest absolute Gasteiger partial charge is 0.328 e. The molecule has 0 atom stereocenters. The lowest BCUT2D eigenvalue weighted by Gasteiger charge is -2.17. The fourth-order valence-electron chi connectivity index (χ4n) is 2.86. The monoisotopic (exact) mass is 324 g/mol. The Hall–Kier alpha value is -2.76. The molecule has 0 saturated carbocycles. The number of aromatic nitrogens is 2. The first kappa shape index (κ1) is 16.1. The quantitative estimate of drug-likeness (QED) is 0.941. The summed E-state index contributed by atoms with van der Waals surface area (Å²) in [6.45, 7) is 6.39. The summed E-state index contributed by atoms with van der Waals surface area (Å²) >= 11 is 0. The summed E-state index contributed by atoms with van der Waals surface area (Å²) in [6.07, 6.45) is 2.60. The second-order valence-electron chi connectivity index (χ2n) is 5.98. The number of amides is 2. The SMILES string of the molecule is CCc1ncc2c(n1)CN(C(=O)c1ccc(NC(C)=O)cc1C)C2. The van der Waals surface area contributed by atoms with Crippen molar-refractivity contribution in [2.45, 2.75) is 40.3 Å². The lowest BCUT2D eigenvalue weighted by Crippen LogP contribution is -2.26. The molecule has 0 spiro atoms. The molecule has 3 rings (SSSR count). The van der Waals surface area contributed by atoms with E-state index in [1.165, 1.54) is 6.92 Å². The third kappa shape index (κ3) is 3.13. The molecule has 0 aliphatic carbocycles. The Morgan fingerprint density at radius 1 is 1.29 bits per heavy atom. The molecule has 6 nitrogen and oxygen atoms in total. The Labute approximate surface area is 140 Å². The summed E-state index contributed by atoms with van der Waals surface area (Å²) in [5, 5.41) is 2.73. The third-order valence-electron chi connectivity index (χ3n) is 4.09. The second kappa shape index (κ2) is 6.39. The fraction of sp³-hybridized carbons (Fsp3) is 0.333. The Morgan fingerprint density at radius 2 is 2.08 bits per heavy atom. The first-order chi connectivity index (χ1) is 11.5. The minimum absolute atomic E-state index is 0.0297. The van der Waals surface area contributed by atoms with Crippen molar-refractivity contribution in [1.29, 1.82) is 0 Å². The maximum atomic E-state index is 12.8. The molecule has 1 aromatic carbocycles. The van der Waals surface area contributed by atoms with E-state index >= 15 is 0 Å². The van der Waals surface area contributed by atoms with E-state index in [4.69, 9.17) is 0 Å². The number of anilines is 1. The van der Waals surface area contributed by atoms with Crippen molar-refractivity contribution in [3.63, 3.8) is 0 Å². The van der Waals surface area contributed by atoms with Gasteiger partial charge in [0.15, 0.2) is 0 Å². The third-order valence-corrected chi connectivity index (χ3v) is 4.09. The number of rotatable bonds is 3. The van der Waals surface area contributed by atoms with Crippen LogP contribution in [0.1, 0.15) is 46.9 Å². The average Bonchev–Trinajstić information content (AvgIpc) is 2.96. The lowest BCUT2D eigenvalue weighted by molar-refractivity contribution is -0.114. The molecule has 0 saturated heterocycles. The van der Waals surface area contributed by atoms with Gasteiger partial charge in [-0.1, -0.05) is 6.92 Å². The first-order valence-electron chi connectivity index (χ1n) is 7.99. The van der Waals surface area contributed by atoms with Gasteiger partial charge in [-0.3, -0.25) is 9.59 Å². The van der Waals surface area contributed by atoms with E-state index in [1.54, 1.807) is 17.0 Å². The molecule has 2 amide bonds. The van der Waals surface area contributed by atoms with E-state index in [0.717, 1.165) is 29.1 Å². The highest BCUT2D eigenvalue weighted by Gasteiger charge is 2.26. The topological polar surface area (TPSA) is 75.2 Å². The zero-order chi connectivity index (χ0) is 17.3. The van der Waals surface area contributed by atoms with E-state index in [-0.39, 0.29) is 11.8 Å². The van der Waals surface area contributed by atoms with Gasteiger partial charge in [0.05, 0.1) is 12.2 Å². The van der Waals surface area contributed by atoms with Gasteiger partial charge >= 0.3 is 0 Å². The standard InChI is InChI=1S/C18H20N4O2/c1-4-17-19-8-13-9-22(10-16(13)21-17)18(24)15-6-5-14(7-11(15)2)20-12(3)23/h5-8H,4,9-10H2,1-3H3,(H,20,23). The molecule has 0 unspecified atom stereocenters. The number of hydrogen-bond donors (Lipinski definition) is 1. The van der Waals surface area contributed by atoms with Crippen molar-refractivity contribution in [1.82, 2.24) is 14.9 Å². The summed E-state index contributed by atoms with van der Waals surface area (Å²) in [5.74, 6) is 0.644. The van der Waals surface area contributed by atoms with Gasteiger partial charge in [-0.05, 0) is 30.7 Å². The molecule has 1 aliphatic heterocycles. The van der Waals surface area contributed by atoms with Crippen molar-refractivity contribution < 1.29 is 9.59 Å². The first-order valence-corrected chi connectivity index (χ1v) is 7.99.